The summed E-state index contributed by atoms with van der Waals surface area (Å²) in [5.74, 6) is 0. The van der Waals surface area contributed by atoms with Gasteiger partial charge in [0.05, 0.1) is 5.69 Å². The zero-order valence-corrected chi connectivity index (χ0v) is 12.9. The summed E-state index contributed by atoms with van der Waals surface area (Å²) in [6.45, 7) is 0. The second kappa shape index (κ2) is 4.95. The van der Waals surface area contributed by atoms with E-state index in [0.29, 0.717) is 0 Å². The number of fused-ring (bicyclic) bond motifs is 4. The Bertz CT molecular complexity index is 1030. The van der Waals surface area contributed by atoms with Crippen LogP contribution in [0.15, 0.2) is 59.1 Å². The molecule has 0 amide bonds. The minimum Gasteiger partial charge on any atom is -0.455 e. The summed E-state index contributed by atoms with van der Waals surface area (Å²) in [5, 5.41) is 2.33. The number of para-hydroxylation sites is 2. The monoisotopic (exact) mass is 299 g/mol. The number of aromatic nitrogens is 1. The van der Waals surface area contributed by atoms with E-state index in [1.807, 2.05) is 12.1 Å². The van der Waals surface area contributed by atoms with Crippen LogP contribution in [0.3, 0.4) is 0 Å². The molecular weight excluding hydrogens is 282 g/mol. The predicted octanol–water partition coefficient (Wildman–Crippen LogP) is 5.53. The summed E-state index contributed by atoms with van der Waals surface area (Å²) in [6, 6.07) is 16.8. The van der Waals surface area contributed by atoms with Crippen molar-refractivity contribution in [3.8, 4) is 11.3 Å². The lowest BCUT2D eigenvalue weighted by atomic mass is 9.92. The van der Waals surface area contributed by atoms with Crippen LogP contribution >= 0.6 is 0 Å². The summed E-state index contributed by atoms with van der Waals surface area (Å²) in [5.41, 5.74) is 6.86. The van der Waals surface area contributed by atoms with Crippen LogP contribution in [-0.2, 0) is 12.8 Å². The minimum atomic E-state index is 0.938. The summed E-state index contributed by atoms with van der Waals surface area (Å²) in [7, 11) is 0. The van der Waals surface area contributed by atoms with Gasteiger partial charge in [0.25, 0.3) is 0 Å². The second-order valence-electron chi connectivity index (χ2n) is 6.33. The normalized spacial score (nSPS) is 14.3. The maximum Gasteiger partial charge on any atom is 0.144 e. The van der Waals surface area contributed by atoms with Crippen LogP contribution in [-0.4, -0.2) is 4.98 Å². The molecule has 1 aliphatic rings. The predicted molar refractivity (Wildman–Crippen MR) is 93.6 cm³/mol. The molecule has 0 atom stereocenters. The van der Waals surface area contributed by atoms with Crippen LogP contribution < -0.4 is 0 Å². The van der Waals surface area contributed by atoms with Gasteiger partial charge in [-0.1, -0.05) is 30.3 Å². The lowest BCUT2D eigenvalue weighted by Crippen LogP contribution is -2.03. The molecule has 0 saturated heterocycles. The number of pyridine rings is 1. The molecule has 0 bridgehead atoms. The lowest BCUT2D eigenvalue weighted by Gasteiger charge is -2.15. The summed E-state index contributed by atoms with van der Waals surface area (Å²) in [6.07, 6.45) is 6.96. The Morgan fingerprint density at radius 3 is 2.61 bits per heavy atom. The molecule has 0 radical (unpaired) electrons. The molecule has 1 aliphatic carbocycles. The Morgan fingerprint density at radius 1 is 0.826 bits per heavy atom. The largest absolute Gasteiger partial charge is 0.455 e. The average molecular weight is 299 g/mol. The first-order valence-electron chi connectivity index (χ1n) is 8.28. The molecule has 0 aliphatic heterocycles. The smallest absolute Gasteiger partial charge is 0.144 e. The third-order valence-corrected chi connectivity index (χ3v) is 4.91. The van der Waals surface area contributed by atoms with Crippen LogP contribution in [0.1, 0.15) is 24.0 Å². The molecular formula is C21H17NO. The molecule has 23 heavy (non-hydrogen) atoms. The Kier molecular flexibility index (Phi) is 2.77. The van der Waals surface area contributed by atoms with Crippen LogP contribution in [0, 0.1) is 0 Å². The number of rotatable bonds is 1. The number of benzene rings is 2. The number of aryl methyl sites for hydroxylation is 2. The second-order valence-corrected chi connectivity index (χ2v) is 6.33. The standard InChI is InChI=1S/C21H17NO/c1-2-7-15-13-22-19(12-14(15)6-1)18-10-5-9-17-16-8-3-4-11-20(16)23-21(17)18/h3-5,8-13H,1-2,6-7H2. The molecule has 2 aromatic heterocycles. The first kappa shape index (κ1) is 12.9. The van der Waals surface area contributed by atoms with E-state index in [9.17, 15) is 0 Å². The topological polar surface area (TPSA) is 26.0 Å². The van der Waals surface area contributed by atoms with E-state index in [0.717, 1.165) is 34.2 Å². The van der Waals surface area contributed by atoms with Gasteiger partial charge in [-0.3, -0.25) is 4.98 Å². The van der Waals surface area contributed by atoms with E-state index >= 15 is 0 Å². The van der Waals surface area contributed by atoms with Crippen LogP contribution in [0.4, 0.5) is 0 Å². The fraction of sp³-hybridized carbons (Fsp3) is 0.190. The van der Waals surface area contributed by atoms with Gasteiger partial charge >= 0.3 is 0 Å². The Labute approximate surface area is 134 Å². The summed E-state index contributed by atoms with van der Waals surface area (Å²) in [4.78, 5) is 4.72. The molecule has 0 spiro atoms. The van der Waals surface area contributed by atoms with Crippen LogP contribution in [0.2, 0.25) is 0 Å². The van der Waals surface area contributed by atoms with Crippen molar-refractivity contribution in [3.05, 3.63) is 65.9 Å². The third-order valence-electron chi connectivity index (χ3n) is 4.91. The molecule has 0 saturated carbocycles. The Balaban J connectivity index is 1.77. The molecule has 112 valence electrons. The zero-order chi connectivity index (χ0) is 15.2. The summed E-state index contributed by atoms with van der Waals surface area (Å²) >= 11 is 0. The van der Waals surface area contributed by atoms with Crippen molar-refractivity contribution in [3.63, 3.8) is 0 Å². The average Bonchev–Trinajstić information content (AvgIpc) is 3.00. The summed E-state index contributed by atoms with van der Waals surface area (Å²) < 4.78 is 6.14. The van der Waals surface area contributed by atoms with Gasteiger partial charge in [-0.15, -0.1) is 0 Å². The number of hydrogen-bond donors (Lipinski definition) is 0. The van der Waals surface area contributed by atoms with E-state index in [1.165, 1.54) is 35.8 Å². The van der Waals surface area contributed by atoms with Gasteiger partial charge in [-0.05, 0) is 55.0 Å². The number of nitrogens with zero attached hydrogens (tertiary/aromatic N) is 1. The van der Waals surface area contributed by atoms with E-state index in [1.54, 1.807) is 0 Å². The Morgan fingerprint density at radius 2 is 1.65 bits per heavy atom. The lowest BCUT2D eigenvalue weighted by molar-refractivity contribution is 0.669. The third kappa shape index (κ3) is 1.98. The molecule has 2 aromatic carbocycles. The SMILES string of the molecule is c1ccc2c(c1)oc1c(-c3cc4c(cn3)CCCC4)cccc12. The highest BCUT2D eigenvalue weighted by molar-refractivity contribution is 6.09. The molecule has 5 rings (SSSR count). The van der Waals surface area contributed by atoms with Gasteiger partial charge in [0.15, 0.2) is 0 Å². The van der Waals surface area contributed by atoms with E-state index < -0.39 is 0 Å². The van der Waals surface area contributed by atoms with E-state index in [-0.39, 0.29) is 0 Å². The Hall–Kier alpha value is -2.61. The van der Waals surface area contributed by atoms with Crippen molar-refractivity contribution in [1.29, 1.82) is 0 Å². The fourth-order valence-electron chi connectivity index (χ4n) is 3.71. The first-order chi connectivity index (χ1) is 11.4. The van der Waals surface area contributed by atoms with E-state index in [2.05, 4.69) is 42.6 Å². The van der Waals surface area contributed by atoms with Crippen molar-refractivity contribution in [2.24, 2.45) is 0 Å². The fourth-order valence-corrected chi connectivity index (χ4v) is 3.71. The maximum absolute atomic E-state index is 6.14. The molecule has 0 N–H and O–H groups in total. The number of furan rings is 1. The number of hydrogen-bond acceptors (Lipinski definition) is 2. The van der Waals surface area contributed by atoms with Crippen molar-refractivity contribution in [2.45, 2.75) is 25.7 Å². The van der Waals surface area contributed by atoms with Gasteiger partial charge in [0, 0.05) is 22.5 Å². The molecule has 2 nitrogen and oxygen atoms in total. The van der Waals surface area contributed by atoms with Crippen molar-refractivity contribution in [2.75, 3.05) is 0 Å². The van der Waals surface area contributed by atoms with Crippen molar-refractivity contribution >= 4 is 21.9 Å². The van der Waals surface area contributed by atoms with E-state index in [4.69, 9.17) is 9.40 Å². The zero-order valence-electron chi connectivity index (χ0n) is 12.9. The van der Waals surface area contributed by atoms with Gasteiger partial charge < -0.3 is 4.42 Å². The quantitative estimate of drug-likeness (QED) is 0.462. The van der Waals surface area contributed by atoms with Gasteiger partial charge in [0.1, 0.15) is 11.2 Å². The van der Waals surface area contributed by atoms with Crippen molar-refractivity contribution in [1.82, 2.24) is 4.98 Å². The minimum absolute atomic E-state index is 0.938. The van der Waals surface area contributed by atoms with Gasteiger partial charge in [-0.2, -0.15) is 0 Å². The van der Waals surface area contributed by atoms with Crippen LogP contribution in [0.25, 0.3) is 33.2 Å². The highest BCUT2D eigenvalue weighted by Crippen LogP contribution is 2.35. The first-order valence-corrected chi connectivity index (χ1v) is 8.28. The highest BCUT2D eigenvalue weighted by atomic mass is 16.3. The highest BCUT2D eigenvalue weighted by Gasteiger charge is 2.15. The molecule has 4 aromatic rings. The van der Waals surface area contributed by atoms with Crippen LogP contribution in [0.5, 0.6) is 0 Å². The molecule has 0 unspecified atom stereocenters. The van der Waals surface area contributed by atoms with Gasteiger partial charge in [-0.25, -0.2) is 0 Å². The molecule has 2 heteroatoms. The molecule has 0 fully saturated rings. The van der Waals surface area contributed by atoms with Crippen molar-refractivity contribution < 1.29 is 4.42 Å². The molecule has 2 heterocycles. The maximum atomic E-state index is 6.14. The van der Waals surface area contributed by atoms with Gasteiger partial charge in [0.2, 0.25) is 0 Å².